The maximum absolute atomic E-state index is 3.46. The van der Waals surface area contributed by atoms with Crippen LogP contribution in [0.4, 0.5) is 0 Å². The van der Waals surface area contributed by atoms with E-state index in [2.05, 4.69) is 29.2 Å². The van der Waals surface area contributed by atoms with E-state index in [4.69, 9.17) is 0 Å². The minimum Gasteiger partial charge on any atom is -0.316 e. The van der Waals surface area contributed by atoms with Crippen LogP contribution in [0.5, 0.6) is 0 Å². The van der Waals surface area contributed by atoms with Crippen molar-refractivity contribution < 1.29 is 0 Å². The quantitative estimate of drug-likeness (QED) is 0.770. The van der Waals surface area contributed by atoms with Crippen LogP contribution in [0, 0.1) is 5.92 Å². The number of hydrogen-bond acceptors (Lipinski definition) is 3. The lowest BCUT2D eigenvalue weighted by molar-refractivity contribution is 0.140. The number of likely N-dealkylation sites (tertiary alicyclic amines) is 1. The van der Waals surface area contributed by atoms with Crippen molar-refractivity contribution in [3.8, 4) is 0 Å². The topological polar surface area (TPSA) is 18.5 Å². The lowest BCUT2D eigenvalue weighted by Crippen LogP contribution is -2.42. The largest absolute Gasteiger partial charge is 0.316 e. The van der Waals surface area contributed by atoms with Crippen molar-refractivity contribution >= 4 is 0 Å². The molecule has 2 saturated heterocycles. The Morgan fingerprint density at radius 2 is 1.94 bits per heavy atom. The van der Waals surface area contributed by atoms with Gasteiger partial charge in [-0.2, -0.15) is 0 Å². The van der Waals surface area contributed by atoms with Gasteiger partial charge in [-0.25, -0.2) is 0 Å². The van der Waals surface area contributed by atoms with E-state index in [-0.39, 0.29) is 0 Å². The van der Waals surface area contributed by atoms with Gasteiger partial charge >= 0.3 is 0 Å². The molecule has 0 saturated carbocycles. The van der Waals surface area contributed by atoms with Crippen LogP contribution in [0.25, 0.3) is 0 Å². The SMILES string of the molecule is CN(C)C1CCN(CCC2CCNC2)CC1. The molecule has 1 unspecified atom stereocenters. The monoisotopic (exact) mass is 225 g/mol. The molecule has 1 N–H and O–H groups in total. The van der Waals surface area contributed by atoms with Crippen molar-refractivity contribution in [2.75, 3.05) is 46.8 Å². The van der Waals surface area contributed by atoms with Crippen molar-refractivity contribution in [1.29, 1.82) is 0 Å². The Bertz CT molecular complexity index is 191. The first-order valence-electron chi connectivity index (χ1n) is 6.85. The van der Waals surface area contributed by atoms with Crippen LogP contribution in [0.15, 0.2) is 0 Å². The summed E-state index contributed by atoms with van der Waals surface area (Å²) in [5, 5.41) is 3.46. The third-order valence-corrected chi connectivity index (χ3v) is 4.30. The summed E-state index contributed by atoms with van der Waals surface area (Å²) in [6, 6.07) is 0.824. The average molecular weight is 225 g/mol. The number of nitrogens with zero attached hydrogens (tertiary/aromatic N) is 2. The highest BCUT2D eigenvalue weighted by atomic mass is 15.2. The first-order chi connectivity index (χ1) is 7.75. The highest BCUT2D eigenvalue weighted by Crippen LogP contribution is 2.17. The van der Waals surface area contributed by atoms with Gasteiger partial charge in [0.1, 0.15) is 0 Å². The van der Waals surface area contributed by atoms with Crippen LogP contribution in [0.2, 0.25) is 0 Å². The standard InChI is InChI=1S/C13H27N3/c1-15(2)13-5-9-16(10-6-13)8-4-12-3-7-14-11-12/h12-14H,3-11H2,1-2H3. The fourth-order valence-electron chi connectivity index (χ4n) is 2.99. The van der Waals surface area contributed by atoms with E-state index in [1.54, 1.807) is 0 Å². The Morgan fingerprint density at radius 1 is 1.19 bits per heavy atom. The van der Waals surface area contributed by atoms with E-state index >= 15 is 0 Å². The Balaban J connectivity index is 1.61. The summed E-state index contributed by atoms with van der Waals surface area (Å²) in [5.74, 6) is 0.951. The first-order valence-corrected chi connectivity index (χ1v) is 6.85. The normalized spacial score (nSPS) is 29.1. The molecule has 2 aliphatic rings. The zero-order chi connectivity index (χ0) is 11.4. The molecule has 2 fully saturated rings. The van der Waals surface area contributed by atoms with Crippen molar-refractivity contribution in [3.05, 3.63) is 0 Å². The third-order valence-electron chi connectivity index (χ3n) is 4.30. The molecule has 0 aromatic carbocycles. The molecule has 16 heavy (non-hydrogen) atoms. The molecule has 3 nitrogen and oxygen atoms in total. The van der Waals surface area contributed by atoms with Gasteiger partial charge in [0, 0.05) is 6.04 Å². The summed E-state index contributed by atoms with van der Waals surface area (Å²) in [4.78, 5) is 5.05. The van der Waals surface area contributed by atoms with Gasteiger partial charge in [0.05, 0.1) is 0 Å². The van der Waals surface area contributed by atoms with Gasteiger partial charge in [-0.1, -0.05) is 0 Å². The van der Waals surface area contributed by atoms with E-state index in [0.717, 1.165) is 12.0 Å². The number of hydrogen-bond donors (Lipinski definition) is 1. The van der Waals surface area contributed by atoms with Crippen LogP contribution in [-0.2, 0) is 0 Å². The second-order valence-electron chi connectivity index (χ2n) is 5.68. The number of rotatable bonds is 4. The van der Waals surface area contributed by atoms with Gasteiger partial charge in [-0.15, -0.1) is 0 Å². The van der Waals surface area contributed by atoms with E-state index in [1.165, 1.54) is 58.4 Å². The molecule has 0 aromatic rings. The van der Waals surface area contributed by atoms with Crippen LogP contribution in [0.3, 0.4) is 0 Å². The smallest absolute Gasteiger partial charge is 0.0113 e. The maximum Gasteiger partial charge on any atom is 0.0113 e. The molecule has 2 heterocycles. The second kappa shape index (κ2) is 5.99. The summed E-state index contributed by atoms with van der Waals surface area (Å²) < 4.78 is 0. The molecule has 3 heteroatoms. The lowest BCUT2D eigenvalue weighted by atomic mass is 10.0. The van der Waals surface area contributed by atoms with Gasteiger partial charge in [-0.3, -0.25) is 0 Å². The van der Waals surface area contributed by atoms with Gasteiger partial charge in [0.25, 0.3) is 0 Å². The third kappa shape index (κ3) is 3.44. The highest BCUT2D eigenvalue weighted by molar-refractivity contribution is 4.78. The molecule has 0 bridgehead atoms. The molecular weight excluding hydrogens is 198 g/mol. The Kier molecular flexibility index (Phi) is 4.62. The second-order valence-corrected chi connectivity index (χ2v) is 5.68. The molecule has 2 aliphatic heterocycles. The number of nitrogens with one attached hydrogen (secondary N) is 1. The van der Waals surface area contributed by atoms with Crippen LogP contribution in [0.1, 0.15) is 25.7 Å². The maximum atomic E-state index is 3.46. The fraction of sp³-hybridized carbons (Fsp3) is 1.00. The molecule has 0 aliphatic carbocycles. The minimum absolute atomic E-state index is 0.824. The molecule has 94 valence electrons. The summed E-state index contributed by atoms with van der Waals surface area (Å²) in [7, 11) is 4.43. The zero-order valence-corrected chi connectivity index (χ0v) is 10.9. The fourth-order valence-corrected chi connectivity index (χ4v) is 2.99. The van der Waals surface area contributed by atoms with Gasteiger partial charge < -0.3 is 15.1 Å². The molecule has 0 amide bonds. The van der Waals surface area contributed by atoms with Crippen LogP contribution in [-0.4, -0.2) is 62.7 Å². The van der Waals surface area contributed by atoms with Gasteiger partial charge in [-0.05, 0) is 78.4 Å². The molecular formula is C13H27N3. The summed E-state index contributed by atoms with van der Waals surface area (Å²) in [6.45, 7) is 6.44. The average Bonchev–Trinajstić information content (AvgIpc) is 2.80. The Labute approximate surface area is 100 Å². The van der Waals surface area contributed by atoms with Crippen molar-refractivity contribution in [2.45, 2.75) is 31.7 Å². The van der Waals surface area contributed by atoms with Crippen molar-refractivity contribution in [1.82, 2.24) is 15.1 Å². The van der Waals surface area contributed by atoms with Crippen LogP contribution < -0.4 is 5.32 Å². The van der Waals surface area contributed by atoms with E-state index in [0.29, 0.717) is 0 Å². The lowest BCUT2D eigenvalue weighted by Gasteiger charge is -2.35. The molecule has 0 spiro atoms. The Morgan fingerprint density at radius 3 is 2.50 bits per heavy atom. The predicted octanol–water partition coefficient (Wildman–Crippen LogP) is 1.01. The van der Waals surface area contributed by atoms with Crippen LogP contribution >= 0.6 is 0 Å². The summed E-state index contributed by atoms with van der Waals surface area (Å²) >= 11 is 0. The molecule has 0 aromatic heterocycles. The summed E-state index contributed by atoms with van der Waals surface area (Å²) in [6.07, 6.45) is 5.51. The van der Waals surface area contributed by atoms with Crippen molar-refractivity contribution in [2.24, 2.45) is 5.92 Å². The molecule has 0 radical (unpaired) electrons. The van der Waals surface area contributed by atoms with Gasteiger partial charge in [0.2, 0.25) is 0 Å². The van der Waals surface area contributed by atoms with Gasteiger partial charge in [0.15, 0.2) is 0 Å². The van der Waals surface area contributed by atoms with Crippen molar-refractivity contribution in [3.63, 3.8) is 0 Å². The number of piperidine rings is 1. The predicted molar refractivity (Wildman–Crippen MR) is 68.7 cm³/mol. The van der Waals surface area contributed by atoms with E-state index in [1.807, 2.05) is 0 Å². The molecule has 2 rings (SSSR count). The summed E-state index contributed by atoms with van der Waals surface area (Å²) in [5.41, 5.74) is 0. The first kappa shape index (κ1) is 12.3. The molecule has 1 atom stereocenters. The van der Waals surface area contributed by atoms with E-state index < -0.39 is 0 Å². The Hall–Kier alpha value is -0.120. The van der Waals surface area contributed by atoms with E-state index in [9.17, 15) is 0 Å². The minimum atomic E-state index is 0.824. The highest BCUT2D eigenvalue weighted by Gasteiger charge is 2.21. The zero-order valence-electron chi connectivity index (χ0n) is 10.9.